The number of methoxy groups -OCH3 is 1. The molecule has 0 bridgehead atoms. The quantitative estimate of drug-likeness (QED) is 0.828. The van der Waals surface area contributed by atoms with E-state index in [-0.39, 0.29) is 11.9 Å². The summed E-state index contributed by atoms with van der Waals surface area (Å²) in [6.45, 7) is 6.60. The van der Waals surface area contributed by atoms with E-state index in [1.54, 1.807) is 13.2 Å². The molecule has 3 rings (SSSR count). The number of hydrogen-bond acceptors (Lipinski definition) is 3. The molecule has 1 aliphatic carbocycles. The van der Waals surface area contributed by atoms with Crippen molar-refractivity contribution in [2.45, 2.75) is 44.8 Å². The Morgan fingerprint density at radius 2 is 2.14 bits per heavy atom. The van der Waals surface area contributed by atoms with Crippen molar-refractivity contribution >= 4 is 0 Å². The number of phenolic OH excluding ortho intramolecular Hbond substituents is 1. The molecular weight excluding hydrogens is 264 g/mol. The van der Waals surface area contributed by atoms with Gasteiger partial charge in [0.25, 0.3) is 0 Å². The molecule has 1 aromatic rings. The Morgan fingerprint density at radius 3 is 2.90 bits per heavy atom. The third-order valence-electron chi connectivity index (χ3n) is 4.94. The van der Waals surface area contributed by atoms with E-state index in [9.17, 15) is 5.11 Å². The van der Waals surface area contributed by atoms with Gasteiger partial charge in [0.1, 0.15) is 0 Å². The van der Waals surface area contributed by atoms with Crippen LogP contribution in [0.5, 0.6) is 11.5 Å². The average molecular weight is 288 g/mol. The Morgan fingerprint density at radius 1 is 1.33 bits per heavy atom. The predicted octanol–water partition coefficient (Wildman–Crippen LogP) is 4.22. The summed E-state index contributed by atoms with van der Waals surface area (Å²) in [4.78, 5) is 0. The third kappa shape index (κ3) is 2.80. The van der Waals surface area contributed by atoms with Crippen molar-refractivity contribution in [1.29, 1.82) is 0 Å². The van der Waals surface area contributed by atoms with Gasteiger partial charge < -0.3 is 14.6 Å². The van der Waals surface area contributed by atoms with Gasteiger partial charge in [-0.3, -0.25) is 0 Å². The zero-order valence-electron chi connectivity index (χ0n) is 12.8. The van der Waals surface area contributed by atoms with Gasteiger partial charge in [0, 0.05) is 5.92 Å². The van der Waals surface area contributed by atoms with Crippen LogP contribution < -0.4 is 4.74 Å². The predicted molar refractivity (Wildman–Crippen MR) is 82.5 cm³/mol. The molecular formula is C18H24O3. The van der Waals surface area contributed by atoms with Crippen molar-refractivity contribution in [3.8, 4) is 11.5 Å². The van der Waals surface area contributed by atoms with Gasteiger partial charge >= 0.3 is 0 Å². The molecule has 3 heteroatoms. The molecule has 114 valence electrons. The van der Waals surface area contributed by atoms with Gasteiger partial charge in [0.15, 0.2) is 11.5 Å². The van der Waals surface area contributed by atoms with Crippen LogP contribution in [0.3, 0.4) is 0 Å². The van der Waals surface area contributed by atoms with E-state index >= 15 is 0 Å². The minimum Gasteiger partial charge on any atom is -0.504 e. The van der Waals surface area contributed by atoms with Crippen LogP contribution in [-0.4, -0.2) is 18.3 Å². The number of aromatic hydroxyl groups is 1. The summed E-state index contributed by atoms with van der Waals surface area (Å²) in [5, 5.41) is 9.72. The van der Waals surface area contributed by atoms with Gasteiger partial charge in [0.2, 0.25) is 0 Å². The summed E-state index contributed by atoms with van der Waals surface area (Å²) >= 11 is 0. The lowest BCUT2D eigenvalue weighted by atomic mass is 9.74. The molecule has 0 unspecified atom stereocenters. The van der Waals surface area contributed by atoms with Crippen LogP contribution in [0, 0.1) is 11.8 Å². The Labute approximate surface area is 126 Å². The van der Waals surface area contributed by atoms with Crippen molar-refractivity contribution in [2.75, 3.05) is 7.11 Å². The summed E-state index contributed by atoms with van der Waals surface area (Å²) in [5.41, 5.74) is 2.37. The van der Waals surface area contributed by atoms with Gasteiger partial charge in [-0.05, 0) is 49.3 Å². The van der Waals surface area contributed by atoms with E-state index in [1.807, 2.05) is 12.1 Å². The lowest BCUT2D eigenvalue weighted by Crippen LogP contribution is -2.37. The maximum absolute atomic E-state index is 9.72. The zero-order valence-corrected chi connectivity index (χ0v) is 12.8. The molecule has 1 aliphatic heterocycles. The molecule has 2 fully saturated rings. The fourth-order valence-corrected chi connectivity index (χ4v) is 3.69. The standard InChI is InChI=1S/C18H24O3/c1-11-4-6-14-12(2)9-16(21-17(14)8-11)13-5-7-15(19)18(10-13)20-3/h5,7,10-11,14,16-17,19H,2,4,6,8-9H2,1,3H3/t11-,14+,16-,17-/m1/s1. The number of benzene rings is 1. The van der Waals surface area contributed by atoms with E-state index in [0.29, 0.717) is 17.8 Å². The zero-order chi connectivity index (χ0) is 15.0. The van der Waals surface area contributed by atoms with Crippen LogP contribution in [0.2, 0.25) is 0 Å². The Bertz CT molecular complexity index is 537. The summed E-state index contributed by atoms with van der Waals surface area (Å²) in [6.07, 6.45) is 4.79. The molecule has 0 radical (unpaired) electrons. The summed E-state index contributed by atoms with van der Waals surface area (Å²) in [7, 11) is 1.57. The monoisotopic (exact) mass is 288 g/mol. The number of ether oxygens (including phenoxy) is 2. The minimum atomic E-state index is 0.0264. The van der Waals surface area contributed by atoms with Gasteiger partial charge in [-0.25, -0.2) is 0 Å². The SMILES string of the molecule is C=C1C[C@H](c2ccc(O)c(OC)c2)O[C@@H]2C[C@H](C)CC[C@@H]12. The fourth-order valence-electron chi connectivity index (χ4n) is 3.69. The third-order valence-corrected chi connectivity index (χ3v) is 4.94. The van der Waals surface area contributed by atoms with Crippen LogP contribution >= 0.6 is 0 Å². The smallest absolute Gasteiger partial charge is 0.160 e. The summed E-state index contributed by atoms with van der Waals surface area (Å²) in [6, 6.07) is 5.47. The number of fused-ring (bicyclic) bond motifs is 1. The Kier molecular flexibility index (Phi) is 3.94. The van der Waals surface area contributed by atoms with E-state index in [0.717, 1.165) is 24.3 Å². The van der Waals surface area contributed by atoms with Gasteiger partial charge in [-0.15, -0.1) is 0 Å². The van der Waals surface area contributed by atoms with E-state index in [4.69, 9.17) is 9.47 Å². The highest BCUT2D eigenvalue weighted by atomic mass is 16.5. The van der Waals surface area contributed by atoms with Crippen molar-refractivity contribution < 1.29 is 14.6 Å². The highest BCUT2D eigenvalue weighted by molar-refractivity contribution is 5.42. The molecule has 4 atom stereocenters. The molecule has 0 spiro atoms. The first kappa shape index (κ1) is 14.5. The lowest BCUT2D eigenvalue weighted by molar-refractivity contribution is -0.0857. The first-order chi connectivity index (χ1) is 10.1. The van der Waals surface area contributed by atoms with Gasteiger partial charge in [-0.1, -0.05) is 25.1 Å². The Balaban J connectivity index is 1.82. The van der Waals surface area contributed by atoms with Crippen LogP contribution in [0.1, 0.15) is 44.3 Å². The molecule has 21 heavy (non-hydrogen) atoms. The first-order valence-electron chi connectivity index (χ1n) is 7.78. The fraction of sp³-hybridized carbons (Fsp3) is 0.556. The maximum atomic E-state index is 9.72. The lowest BCUT2D eigenvalue weighted by Gasteiger charge is -2.43. The molecule has 1 N–H and O–H groups in total. The topological polar surface area (TPSA) is 38.7 Å². The second-order valence-electron chi connectivity index (χ2n) is 6.48. The normalized spacial score (nSPS) is 32.6. The molecule has 2 aliphatic rings. The molecule has 1 aromatic carbocycles. The molecule has 3 nitrogen and oxygen atoms in total. The second-order valence-corrected chi connectivity index (χ2v) is 6.48. The van der Waals surface area contributed by atoms with Crippen LogP contribution in [0.25, 0.3) is 0 Å². The molecule has 0 amide bonds. The van der Waals surface area contributed by atoms with E-state index in [1.165, 1.54) is 18.4 Å². The molecule has 1 heterocycles. The van der Waals surface area contributed by atoms with Gasteiger partial charge in [0.05, 0.1) is 19.3 Å². The van der Waals surface area contributed by atoms with Crippen molar-refractivity contribution in [1.82, 2.24) is 0 Å². The van der Waals surface area contributed by atoms with E-state index < -0.39 is 0 Å². The minimum absolute atomic E-state index is 0.0264. The molecule has 1 saturated heterocycles. The summed E-state index contributed by atoms with van der Waals surface area (Å²) in [5.74, 6) is 1.92. The number of rotatable bonds is 2. The number of hydrogen-bond donors (Lipinski definition) is 1. The van der Waals surface area contributed by atoms with E-state index in [2.05, 4.69) is 13.5 Å². The number of phenols is 1. The molecule has 0 aromatic heterocycles. The largest absolute Gasteiger partial charge is 0.504 e. The molecule has 1 saturated carbocycles. The average Bonchev–Trinajstić information content (AvgIpc) is 2.47. The highest BCUT2D eigenvalue weighted by Gasteiger charge is 2.37. The highest BCUT2D eigenvalue weighted by Crippen LogP contribution is 2.45. The maximum Gasteiger partial charge on any atom is 0.160 e. The van der Waals surface area contributed by atoms with Crippen LogP contribution in [0.4, 0.5) is 0 Å². The van der Waals surface area contributed by atoms with Crippen LogP contribution in [-0.2, 0) is 4.74 Å². The van der Waals surface area contributed by atoms with Gasteiger partial charge in [-0.2, -0.15) is 0 Å². The summed E-state index contributed by atoms with van der Waals surface area (Å²) < 4.78 is 11.6. The first-order valence-corrected chi connectivity index (χ1v) is 7.78. The Hall–Kier alpha value is -1.48. The van der Waals surface area contributed by atoms with Crippen molar-refractivity contribution in [3.05, 3.63) is 35.9 Å². The van der Waals surface area contributed by atoms with Crippen molar-refractivity contribution in [2.24, 2.45) is 11.8 Å². The van der Waals surface area contributed by atoms with Crippen molar-refractivity contribution in [3.63, 3.8) is 0 Å². The second kappa shape index (κ2) is 5.72. The van der Waals surface area contributed by atoms with Crippen LogP contribution in [0.15, 0.2) is 30.4 Å².